The minimum atomic E-state index is -1.79. The summed E-state index contributed by atoms with van der Waals surface area (Å²) in [7, 11) is 0.0567. The number of aryl methyl sites for hydroxylation is 2. The average molecular weight is 206 g/mol. The van der Waals surface area contributed by atoms with Crippen LogP contribution in [0.15, 0.2) is 18.3 Å². The van der Waals surface area contributed by atoms with Gasteiger partial charge in [-0.2, -0.15) is 5.10 Å². The zero-order valence-corrected chi connectivity index (χ0v) is 8.51. The van der Waals surface area contributed by atoms with Crippen LogP contribution in [-0.4, -0.2) is 27.1 Å². The fourth-order valence-electron chi connectivity index (χ4n) is 1.52. The number of hydrogen-bond acceptors (Lipinski definition) is 4. The maximum atomic E-state index is 8.72. The van der Waals surface area contributed by atoms with Gasteiger partial charge in [0, 0.05) is 12.4 Å². The molecule has 0 bridgehead atoms. The lowest BCUT2D eigenvalue weighted by Crippen LogP contribution is -2.21. The minimum absolute atomic E-state index is 0.450. The van der Waals surface area contributed by atoms with Crippen LogP contribution in [0.4, 0.5) is 0 Å². The van der Waals surface area contributed by atoms with E-state index in [1.165, 1.54) is 0 Å². The second-order valence-corrected chi connectivity index (χ2v) is 3.39. The minimum Gasteiger partial charge on any atom is -0.512 e. The Hall–Kier alpha value is -1.53. The lowest BCUT2D eigenvalue weighted by Gasteiger charge is -2.08. The molecule has 0 amide bonds. The van der Waals surface area contributed by atoms with Gasteiger partial charge in [0.1, 0.15) is 5.75 Å². The maximum Gasteiger partial charge on any atom is 0.707 e. The molecule has 0 atom stereocenters. The fourth-order valence-corrected chi connectivity index (χ4v) is 1.52. The molecule has 0 aliphatic rings. The van der Waals surface area contributed by atoms with Crippen molar-refractivity contribution in [3.8, 4) is 5.75 Å². The molecule has 0 saturated heterocycles. The lowest BCUT2D eigenvalue weighted by molar-refractivity contribution is 0.287. The van der Waals surface area contributed by atoms with E-state index in [-0.39, 0.29) is 0 Å². The number of benzene rings is 1. The highest BCUT2D eigenvalue weighted by molar-refractivity contribution is 6.33. The fraction of sp³-hybridized carbons (Fsp3) is 0.222. The zero-order valence-electron chi connectivity index (χ0n) is 8.51. The van der Waals surface area contributed by atoms with Crippen molar-refractivity contribution in [2.24, 2.45) is 7.05 Å². The van der Waals surface area contributed by atoms with E-state index < -0.39 is 7.32 Å². The molecule has 6 heteroatoms. The van der Waals surface area contributed by atoms with Crippen molar-refractivity contribution in [2.75, 3.05) is 0 Å². The third kappa shape index (κ3) is 1.81. The van der Waals surface area contributed by atoms with Crippen LogP contribution < -0.4 is 4.65 Å². The van der Waals surface area contributed by atoms with E-state index in [0.717, 1.165) is 16.5 Å². The van der Waals surface area contributed by atoms with E-state index in [1.54, 1.807) is 16.9 Å². The van der Waals surface area contributed by atoms with Crippen molar-refractivity contribution in [3.05, 3.63) is 23.9 Å². The molecule has 0 aliphatic heterocycles. The predicted octanol–water partition coefficient (Wildman–Crippen LogP) is 0.230. The van der Waals surface area contributed by atoms with Gasteiger partial charge in [0.25, 0.3) is 0 Å². The monoisotopic (exact) mass is 206 g/mol. The van der Waals surface area contributed by atoms with Crippen LogP contribution in [0.25, 0.3) is 10.9 Å². The summed E-state index contributed by atoms with van der Waals surface area (Å²) < 4.78 is 6.59. The first-order chi connectivity index (χ1) is 7.08. The zero-order chi connectivity index (χ0) is 11.0. The normalized spacial score (nSPS) is 10.7. The summed E-state index contributed by atoms with van der Waals surface area (Å²) in [4.78, 5) is 0. The van der Waals surface area contributed by atoms with Crippen LogP contribution in [0.5, 0.6) is 5.75 Å². The van der Waals surface area contributed by atoms with Crippen LogP contribution in [0.1, 0.15) is 5.56 Å². The van der Waals surface area contributed by atoms with Gasteiger partial charge in [0.2, 0.25) is 0 Å². The Kier molecular flexibility index (Phi) is 2.38. The van der Waals surface area contributed by atoms with E-state index in [4.69, 9.17) is 14.7 Å². The predicted molar refractivity (Wildman–Crippen MR) is 56.3 cm³/mol. The molecule has 0 aliphatic carbocycles. The molecule has 0 radical (unpaired) electrons. The molecule has 0 fully saturated rings. The molecule has 2 aromatic rings. The first kappa shape index (κ1) is 10.0. The number of rotatable bonds is 2. The first-order valence-corrected chi connectivity index (χ1v) is 4.53. The van der Waals surface area contributed by atoms with Gasteiger partial charge in [-0.05, 0) is 24.6 Å². The summed E-state index contributed by atoms with van der Waals surface area (Å²) in [5, 5.41) is 22.4. The van der Waals surface area contributed by atoms with Gasteiger partial charge in [-0.1, -0.05) is 0 Å². The van der Waals surface area contributed by atoms with E-state index in [2.05, 4.69) is 5.10 Å². The van der Waals surface area contributed by atoms with Crippen molar-refractivity contribution in [1.29, 1.82) is 0 Å². The molecule has 1 aromatic carbocycles. The molecular weight excluding hydrogens is 195 g/mol. The molecule has 5 nitrogen and oxygen atoms in total. The second-order valence-electron chi connectivity index (χ2n) is 3.39. The summed E-state index contributed by atoms with van der Waals surface area (Å²) in [6, 6.07) is 3.62. The SMILES string of the molecule is Cc1cc2c(cnn2C)cc1OB(O)O. The number of aromatic nitrogens is 2. The Morgan fingerprint density at radius 3 is 2.80 bits per heavy atom. The summed E-state index contributed by atoms with van der Waals surface area (Å²) >= 11 is 0. The molecule has 0 saturated carbocycles. The topological polar surface area (TPSA) is 67.5 Å². The van der Waals surface area contributed by atoms with E-state index >= 15 is 0 Å². The standard InChI is InChI=1S/C9H11BN2O3/c1-6-3-8-7(5-11-12(8)2)4-9(6)15-10(13)14/h3-5,13-14H,1-2H3. The number of nitrogens with zero attached hydrogens (tertiary/aromatic N) is 2. The molecule has 1 heterocycles. The van der Waals surface area contributed by atoms with Gasteiger partial charge in [0.15, 0.2) is 0 Å². The highest BCUT2D eigenvalue weighted by Crippen LogP contribution is 2.24. The summed E-state index contributed by atoms with van der Waals surface area (Å²) in [5.41, 5.74) is 1.81. The number of fused-ring (bicyclic) bond motifs is 1. The summed E-state index contributed by atoms with van der Waals surface area (Å²) in [5.74, 6) is 0.450. The lowest BCUT2D eigenvalue weighted by atomic mass is 10.1. The van der Waals surface area contributed by atoms with E-state index in [1.807, 2.05) is 20.0 Å². The van der Waals surface area contributed by atoms with Gasteiger partial charge in [-0.25, -0.2) is 0 Å². The molecule has 78 valence electrons. The summed E-state index contributed by atoms with van der Waals surface area (Å²) in [6.07, 6.45) is 1.70. The molecule has 0 spiro atoms. The van der Waals surface area contributed by atoms with Crippen LogP contribution in [0.3, 0.4) is 0 Å². The molecule has 2 N–H and O–H groups in total. The summed E-state index contributed by atoms with van der Waals surface area (Å²) in [6.45, 7) is 1.84. The smallest absolute Gasteiger partial charge is 0.512 e. The van der Waals surface area contributed by atoms with Gasteiger partial charge in [0.05, 0.1) is 11.7 Å². The van der Waals surface area contributed by atoms with Gasteiger partial charge in [-0.15, -0.1) is 0 Å². The molecule has 15 heavy (non-hydrogen) atoms. The third-order valence-corrected chi connectivity index (χ3v) is 2.28. The van der Waals surface area contributed by atoms with E-state index in [0.29, 0.717) is 5.75 Å². The molecule has 2 rings (SSSR count). The van der Waals surface area contributed by atoms with Crippen molar-refractivity contribution < 1.29 is 14.7 Å². The average Bonchev–Trinajstić information content (AvgIpc) is 2.48. The van der Waals surface area contributed by atoms with Crippen molar-refractivity contribution in [3.63, 3.8) is 0 Å². The Morgan fingerprint density at radius 2 is 2.13 bits per heavy atom. The molecule has 0 unspecified atom stereocenters. The quantitative estimate of drug-likeness (QED) is 0.690. The molecule has 1 aromatic heterocycles. The van der Waals surface area contributed by atoms with Crippen LogP contribution in [-0.2, 0) is 7.05 Å². The third-order valence-electron chi connectivity index (χ3n) is 2.28. The van der Waals surface area contributed by atoms with Crippen LogP contribution in [0, 0.1) is 6.92 Å². The van der Waals surface area contributed by atoms with Crippen molar-refractivity contribution in [2.45, 2.75) is 6.92 Å². The van der Waals surface area contributed by atoms with Crippen molar-refractivity contribution in [1.82, 2.24) is 9.78 Å². The van der Waals surface area contributed by atoms with Crippen LogP contribution in [0.2, 0.25) is 0 Å². The van der Waals surface area contributed by atoms with Crippen molar-refractivity contribution >= 4 is 18.2 Å². The van der Waals surface area contributed by atoms with E-state index in [9.17, 15) is 0 Å². The van der Waals surface area contributed by atoms with Crippen LogP contribution >= 0.6 is 0 Å². The Labute approximate surface area is 87.1 Å². The van der Waals surface area contributed by atoms with Gasteiger partial charge < -0.3 is 14.7 Å². The second kappa shape index (κ2) is 3.56. The highest BCUT2D eigenvalue weighted by Gasteiger charge is 2.14. The maximum absolute atomic E-state index is 8.72. The van der Waals surface area contributed by atoms with Gasteiger partial charge >= 0.3 is 7.32 Å². The first-order valence-electron chi connectivity index (χ1n) is 4.53. The molecular formula is C9H11BN2O3. The Morgan fingerprint density at radius 1 is 1.40 bits per heavy atom. The highest BCUT2D eigenvalue weighted by atomic mass is 16.6. The Bertz CT molecular complexity index is 495. The largest absolute Gasteiger partial charge is 0.707 e. The van der Waals surface area contributed by atoms with Gasteiger partial charge in [-0.3, -0.25) is 4.68 Å². The Balaban J connectivity index is 2.53. The number of hydrogen-bond donors (Lipinski definition) is 2.